The fourth-order valence-corrected chi connectivity index (χ4v) is 3.55. The molecule has 194 valence electrons. The Morgan fingerprint density at radius 3 is 2.00 bits per heavy atom. The van der Waals surface area contributed by atoms with Crippen LogP contribution >= 0.6 is 0 Å². The molecule has 4 rings (SSSR count). The molecule has 1 amide bonds. The summed E-state index contributed by atoms with van der Waals surface area (Å²) in [6, 6.07) is 15.0. The average Bonchev–Trinajstić information content (AvgIpc) is 3.31. The number of nitriles is 1. The first-order valence-electron chi connectivity index (χ1n) is 10.6. The van der Waals surface area contributed by atoms with Crippen LogP contribution in [0.2, 0.25) is 0 Å². The monoisotopic (exact) mass is 531 g/mol. The molecule has 0 aliphatic carbocycles. The quantitative estimate of drug-likeness (QED) is 0.337. The Kier molecular flexibility index (Phi) is 6.69. The molecule has 0 atom stereocenters. The molecule has 7 nitrogen and oxygen atoms in total. The van der Waals surface area contributed by atoms with Crippen LogP contribution in [0.4, 0.5) is 32.2 Å². The molecule has 0 unspecified atom stereocenters. The number of pyridine rings is 1. The number of hydrogen-bond acceptors (Lipinski definition) is 5. The second-order valence-corrected chi connectivity index (χ2v) is 7.96. The van der Waals surface area contributed by atoms with Gasteiger partial charge in [0.1, 0.15) is 5.82 Å². The fourth-order valence-electron chi connectivity index (χ4n) is 3.55. The number of carbonyl (C=O) groups excluding carboxylic acids is 1. The summed E-state index contributed by atoms with van der Waals surface area (Å²) >= 11 is 0. The zero-order valence-electron chi connectivity index (χ0n) is 18.9. The maximum absolute atomic E-state index is 13.3. The molecular weight excluding hydrogens is 516 g/mol. The number of aromatic nitrogens is 3. The molecule has 0 saturated heterocycles. The highest BCUT2D eigenvalue weighted by molar-refractivity contribution is 6.04. The first-order valence-corrected chi connectivity index (χ1v) is 10.6. The average molecular weight is 531 g/mol. The second kappa shape index (κ2) is 9.64. The van der Waals surface area contributed by atoms with E-state index in [-0.39, 0.29) is 17.1 Å². The van der Waals surface area contributed by atoms with Gasteiger partial charge in [0.2, 0.25) is 0 Å². The van der Waals surface area contributed by atoms with Gasteiger partial charge in [-0.1, -0.05) is 12.1 Å². The molecular formula is C25H15F6N5O2. The zero-order valence-corrected chi connectivity index (χ0v) is 18.9. The maximum Gasteiger partial charge on any atom is 0.430 e. The number of rotatable bonds is 5. The van der Waals surface area contributed by atoms with E-state index >= 15 is 0 Å². The van der Waals surface area contributed by atoms with Crippen molar-refractivity contribution in [3.8, 4) is 23.0 Å². The van der Waals surface area contributed by atoms with Gasteiger partial charge in [0.05, 0.1) is 23.0 Å². The molecule has 38 heavy (non-hydrogen) atoms. The normalized spacial score (nSPS) is 12.2. The lowest BCUT2D eigenvalue weighted by Gasteiger charge is -2.32. The highest BCUT2D eigenvalue weighted by Crippen LogP contribution is 2.50. The van der Waals surface area contributed by atoms with Gasteiger partial charge in [0, 0.05) is 35.2 Å². The predicted octanol–water partition coefficient (Wildman–Crippen LogP) is 5.37. The molecule has 2 heterocycles. The first-order chi connectivity index (χ1) is 17.8. The van der Waals surface area contributed by atoms with E-state index in [9.17, 15) is 36.2 Å². The summed E-state index contributed by atoms with van der Waals surface area (Å²) in [6.45, 7) is 0. The highest BCUT2D eigenvalue weighted by Gasteiger charge is 2.71. The van der Waals surface area contributed by atoms with Crippen LogP contribution in [-0.4, -0.2) is 38.1 Å². The van der Waals surface area contributed by atoms with Crippen LogP contribution in [0.1, 0.15) is 21.5 Å². The number of anilines is 1. The number of benzene rings is 2. The van der Waals surface area contributed by atoms with Gasteiger partial charge in [-0.3, -0.25) is 9.78 Å². The fraction of sp³-hybridized carbons (Fsp3) is 0.120. The summed E-state index contributed by atoms with van der Waals surface area (Å²) in [5, 5.41) is 25.5. The summed E-state index contributed by atoms with van der Waals surface area (Å²) in [5.74, 6) is -0.571. The van der Waals surface area contributed by atoms with Crippen LogP contribution < -0.4 is 5.32 Å². The van der Waals surface area contributed by atoms with Crippen LogP contribution in [-0.2, 0) is 5.60 Å². The van der Waals surface area contributed by atoms with Crippen molar-refractivity contribution in [1.82, 2.24) is 14.8 Å². The number of halogens is 6. The Bertz CT molecular complexity index is 1480. The van der Waals surface area contributed by atoms with Gasteiger partial charge >= 0.3 is 12.4 Å². The van der Waals surface area contributed by atoms with E-state index in [0.29, 0.717) is 29.0 Å². The van der Waals surface area contributed by atoms with Crippen LogP contribution in [0.3, 0.4) is 0 Å². The lowest BCUT2D eigenvalue weighted by atomic mass is 9.92. The standard InChI is InChI=1S/C25H15F6N5O2/c26-24(27,28)23(38,25(29,30)31)18-5-7-19(8-6-18)36-21(13-20(35-36)16-9-11-33-12-10-16)34-22(37)17-3-1-15(14-32)2-4-17/h1-13,38H,(H,34,37). The van der Waals surface area contributed by atoms with E-state index in [1.165, 1.54) is 42.7 Å². The van der Waals surface area contributed by atoms with E-state index in [1.54, 1.807) is 12.1 Å². The van der Waals surface area contributed by atoms with Crippen molar-refractivity contribution in [2.75, 3.05) is 5.32 Å². The molecule has 0 bridgehead atoms. The Hall–Kier alpha value is -4.70. The molecule has 0 saturated carbocycles. The molecule has 2 N–H and O–H groups in total. The summed E-state index contributed by atoms with van der Waals surface area (Å²) in [7, 11) is 0. The maximum atomic E-state index is 13.3. The minimum atomic E-state index is -6.03. The largest absolute Gasteiger partial charge is 0.430 e. The van der Waals surface area contributed by atoms with Gasteiger partial charge < -0.3 is 10.4 Å². The summed E-state index contributed by atoms with van der Waals surface area (Å²) in [6.07, 6.45) is -9.11. The Balaban J connectivity index is 1.76. The molecule has 0 aliphatic rings. The summed E-state index contributed by atoms with van der Waals surface area (Å²) in [4.78, 5) is 16.7. The lowest BCUT2D eigenvalue weighted by Crippen LogP contribution is -2.53. The van der Waals surface area contributed by atoms with Crippen molar-refractivity contribution >= 4 is 11.7 Å². The Labute approximate surface area is 210 Å². The minimum Gasteiger partial charge on any atom is -0.369 e. The van der Waals surface area contributed by atoms with Crippen LogP contribution in [0, 0.1) is 11.3 Å². The van der Waals surface area contributed by atoms with E-state index in [0.717, 1.165) is 16.8 Å². The van der Waals surface area contributed by atoms with Gasteiger partial charge in [-0.25, -0.2) is 4.68 Å². The highest BCUT2D eigenvalue weighted by atomic mass is 19.4. The van der Waals surface area contributed by atoms with E-state index in [4.69, 9.17) is 5.26 Å². The van der Waals surface area contributed by atoms with Crippen molar-refractivity contribution in [3.63, 3.8) is 0 Å². The van der Waals surface area contributed by atoms with Gasteiger partial charge in [-0.15, -0.1) is 0 Å². The SMILES string of the molecule is N#Cc1ccc(C(=O)Nc2cc(-c3ccncc3)nn2-c2ccc(C(O)(C(F)(F)F)C(F)(F)F)cc2)cc1. The molecule has 0 radical (unpaired) electrons. The third-order valence-corrected chi connectivity index (χ3v) is 5.55. The van der Waals surface area contributed by atoms with Crippen molar-refractivity contribution in [2.24, 2.45) is 0 Å². The van der Waals surface area contributed by atoms with Gasteiger partial charge in [-0.05, 0) is 48.5 Å². The molecule has 0 spiro atoms. The van der Waals surface area contributed by atoms with Crippen molar-refractivity contribution < 1.29 is 36.2 Å². The number of aliphatic hydroxyl groups is 1. The third-order valence-electron chi connectivity index (χ3n) is 5.55. The number of carbonyl (C=O) groups is 1. The first kappa shape index (κ1) is 26.4. The Morgan fingerprint density at radius 1 is 0.895 bits per heavy atom. The van der Waals surface area contributed by atoms with Crippen LogP contribution in [0.25, 0.3) is 16.9 Å². The molecule has 0 aliphatic heterocycles. The van der Waals surface area contributed by atoms with Crippen molar-refractivity contribution in [2.45, 2.75) is 18.0 Å². The number of amides is 1. The summed E-state index contributed by atoms with van der Waals surface area (Å²) in [5.41, 5.74) is -5.15. The van der Waals surface area contributed by atoms with E-state index in [1.807, 2.05) is 6.07 Å². The molecule has 4 aromatic rings. The molecule has 2 aromatic carbocycles. The molecule has 2 aromatic heterocycles. The minimum absolute atomic E-state index is 0.00381. The van der Waals surface area contributed by atoms with Crippen LogP contribution in [0.5, 0.6) is 0 Å². The van der Waals surface area contributed by atoms with E-state index in [2.05, 4.69) is 15.4 Å². The third kappa shape index (κ3) is 4.81. The van der Waals surface area contributed by atoms with Gasteiger partial charge in [-0.2, -0.15) is 36.7 Å². The zero-order chi connectivity index (χ0) is 27.7. The van der Waals surface area contributed by atoms with Crippen molar-refractivity contribution in [3.05, 3.63) is 95.8 Å². The summed E-state index contributed by atoms with van der Waals surface area (Å²) < 4.78 is 80.7. The number of nitrogens with one attached hydrogen (secondary N) is 1. The number of alkyl halides is 6. The van der Waals surface area contributed by atoms with E-state index < -0.39 is 29.4 Å². The van der Waals surface area contributed by atoms with Crippen LogP contribution in [0.15, 0.2) is 79.1 Å². The molecule has 0 fully saturated rings. The topological polar surface area (TPSA) is 104 Å². The number of nitrogens with zero attached hydrogens (tertiary/aromatic N) is 4. The molecule has 13 heteroatoms. The predicted molar refractivity (Wildman–Crippen MR) is 122 cm³/mol. The smallest absolute Gasteiger partial charge is 0.369 e. The Morgan fingerprint density at radius 2 is 1.47 bits per heavy atom. The lowest BCUT2D eigenvalue weighted by molar-refractivity contribution is -0.376. The second-order valence-electron chi connectivity index (χ2n) is 7.96. The van der Waals surface area contributed by atoms with Crippen molar-refractivity contribution in [1.29, 1.82) is 5.26 Å². The van der Waals surface area contributed by atoms with Gasteiger partial charge in [0.25, 0.3) is 11.5 Å². The van der Waals surface area contributed by atoms with Gasteiger partial charge in [0.15, 0.2) is 0 Å². The number of hydrogen-bond donors (Lipinski definition) is 2.